The predicted molar refractivity (Wildman–Crippen MR) is 63.2 cm³/mol. The summed E-state index contributed by atoms with van der Waals surface area (Å²) >= 11 is 0. The second-order valence-corrected chi connectivity index (χ2v) is 3.51. The molecule has 0 rings (SSSR count). The summed E-state index contributed by atoms with van der Waals surface area (Å²) in [5.41, 5.74) is 5.57. The van der Waals surface area contributed by atoms with E-state index in [9.17, 15) is 4.79 Å². The number of carbonyl (C=O) groups is 1. The van der Waals surface area contributed by atoms with Crippen LogP contribution < -0.4 is 5.73 Å². The zero-order valence-electron chi connectivity index (χ0n) is 10.6. The Balaban J connectivity index is 4.00. The van der Waals surface area contributed by atoms with Gasteiger partial charge in [0.05, 0.1) is 19.3 Å². The van der Waals surface area contributed by atoms with Crippen molar-refractivity contribution in [3.8, 4) is 0 Å². The summed E-state index contributed by atoms with van der Waals surface area (Å²) in [5.74, 6) is -0.0561. The van der Waals surface area contributed by atoms with Gasteiger partial charge < -0.3 is 20.1 Å². The van der Waals surface area contributed by atoms with E-state index in [-0.39, 0.29) is 5.91 Å². The molecule has 16 heavy (non-hydrogen) atoms. The maximum Gasteiger partial charge on any atom is 0.239 e. The molecule has 0 saturated heterocycles. The van der Waals surface area contributed by atoms with Crippen LogP contribution in [0.3, 0.4) is 0 Å². The SMILES string of the molecule is CCOCCN(CCOCC)C(=O)[C@H](C)N. The third kappa shape index (κ3) is 6.76. The highest BCUT2D eigenvalue weighted by atomic mass is 16.5. The fourth-order valence-corrected chi connectivity index (χ4v) is 1.26. The highest BCUT2D eigenvalue weighted by Crippen LogP contribution is 1.94. The van der Waals surface area contributed by atoms with Crippen molar-refractivity contribution >= 4 is 5.91 Å². The molecule has 2 N–H and O–H groups in total. The smallest absolute Gasteiger partial charge is 0.239 e. The first kappa shape index (κ1) is 15.3. The van der Waals surface area contributed by atoms with Crippen molar-refractivity contribution in [1.29, 1.82) is 0 Å². The molecular weight excluding hydrogens is 208 g/mol. The van der Waals surface area contributed by atoms with E-state index < -0.39 is 6.04 Å². The molecule has 0 unspecified atom stereocenters. The third-order valence-corrected chi connectivity index (χ3v) is 2.12. The molecule has 0 heterocycles. The summed E-state index contributed by atoms with van der Waals surface area (Å²) in [6, 6.07) is -0.469. The summed E-state index contributed by atoms with van der Waals surface area (Å²) in [4.78, 5) is 13.4. The van der Waals surface area contributed by atoms with E-state index in [0.29, 0.717) is 39.5 Å². The molecule has 1 amide bonds. The van der Waals surface area contributed by atoms with Gasteiger partial charge in [0.25, 0.3) is 0 Å². The Morgan fingerprint density at radius 1 is 1.19 bits per heavy atom. The molecule has 0 aromatic heterocycles. The van der Waals surface area contributed by atoms with Crippen LogP contribution in [-0.4, -0.2) is 56.4 Å². The fourth-order valence-electron chi connectivity index (χ4n) is 1.26. The molecule has 0 aliphatic heterocycles. The first-order chi connectivity index (χ1) is 7.63. The number of rotatable bonds is 9. The largest absolute Gasteiger partial charge is 0.380 e. The highest BCUT2D eigenvalue weighted by molar-refractivity contribution is 5.81. The number of hydrogen-bond donors (Lipinski definition) is 1. The fraction of sp³-hybridized carbons (Fsp3) is 0.909. The quantitative estimate of drug-likeness (QED) is 0.578. The highest BCUT2D eigenvalue weighted by Gasteiger charge is 2.16. The summed E-state index contributed by atoms with van der Waals surface area (Å²) in [6.07, 6.45) is 0. The van der Waals surface area contributed by atoms with Gasteiger partial charge in [-0.1, -0.05) is 0 Å². The van der Waals surface area contributed by atoms with Crippen LogP contribution >= 0.6 is 0 Å². The number of hydrogen-bond acceptors (Lipinski definition) is 4. The van der Waals surface area contributed by atoms with E-state index in [1.807, 2.05) is 13.8 Å². The molecule has 0 radical (unpaired) electrons. The minimum absolute atomic E-state index is 0.0561. The van der Waals surface area contributed by atoms with Crippen molar-refractivity contribution in [3.63, 3.8) is 0 Å². The molecule has 0 aliphatic carbocycles. The van der Waals surface area contributed by atoms with Crippen LogP contribution in [0.4, 0.5) is 0 Å². The van der Waals surface area contributed by atoms with Crippen LogP contribution in [0.15, 0.2) is 0 Å². The van der Waals surface area contributed by atoms with Crippen molar-refractivity contribution in [1.82, 2.24) is 4.90 Å². The van der Waals surface area contributed by atoms with Gasteiger partial charge in [0.2, 0.25) is 5.91 Å². The molecule has 0 bridgehead atoms. The Morgan fingerprint density at radius 3 is 1.94 bits per heavy atom. The van der Waals surface area contributed by atoms with Gasteiger partial charge in [-0.15, -0.1) is 0 Å². The lowest BCUT2D eigenvalue weighted by molar-refractivity contribution is -0.133. The third-order valence-electron chi connectivity index (χ3n) is 2.12. The first-order valence-corrected chi connectivity index (χ1v) is 5.83. The number of nitrogens with zero attached hydrogens (tertiary/aromatic N) is 1. The molecule has 5 heteroatoms. The monoisotopic (exact) mass is 232 g/mol. The van der Waals surface area contributed by atoms with Crippen LogP contribution in [0, 0.1) is 0 Å². The Morgan fingerprint density at radius 2 is 1.62 bits per heavy atom. The van der Waals surface area contributed by atoms with Crippen molar-refractivity contribution in [3.05, 3.63) is 0 Å². The minimum atomic E-state index is -0.469. The van der Waals surface area contributed by atoms with E-state index >= 15 is 0 Å². The number of ether oxygens (including phenoxy) is 2. The van der Waals surface area contributed by atoms with Gasteiger partial charge in [-0.25, -0.2) is 0 Å². The zero-order chi connectivity index (χ0) is 12.4. The maximum atomic E-state index is 11.7. The van der Waals surface area contributed by atoms with Gasteiger partial charge in [0.15, 0.2) is 0 Å². The molecule has 0 fully saturated rings. The molecule has 0 spiro atoms. The zero-order valence-corrected chi connectivity index (χ0v) is 10.6. The van der Waals surface area contributed by atoms with E-state index in [2.05, 4.69) is 0 Å². The maximum absolute atomic E-state index is 11.7. The summed E-state index contributed by atoms with van der Waals surface area (Å²) in [7, 11) is 0. The van der Waals surface area contributed by atoms with E-state index in [1.54, 1.807) is 11.8 Å². The Kier molecular flexibility index (Phi) is 9.18. The van der Waals surface area contributed by atoms with Crippen LogP contribution in [0.25, 0.3) is 0 Å². The molecular formula is C11H24N2O3. The Labute approximate surface area is 97.9 Å². The second kappa shape index (κ2) is 9.57. The second-order valence-electron chi connectivity index (χ2n) is 3.51. The van der Waals surface area contributed by atoms with E-state index in [4.69, 9.17) is 15.2 Å². The van der Waals surface area contributed by atoms with E-state index in [0.717, 1.165) is 0 Å². The average Bonchev–Trinajstić information content (AvgIpc) is 2.26. The Bertz CT molecular complexity index is 176. The Hall–Kier alpha value is -0.650. The minimum Gasteiger partial charge on any atom is -0.380 e. The van der Waals surface area contributed by atoms with Gasteiger partial charge in [0.1, 0.15) is 0 Å². The lowest BCUT2D eigenvalue weighted by Gasteiger charge is -2.24. The predicted octanol–water partition coefficient (Wildman–Crippen LogP) is 0.235. The molecule has 0 aromatic rings. The van der Waals surface area contributed by atoms with Gasteiger partial charge in [0, 0.05) is 26.3 Å². The van der Waals surface area contributed by atoms with Crippen LogP contribution in [0.5, 0.6) is 0 Å². The number of carbonyl (C=O) groups excluding carboxylic acids is 1. The van der Waals surface area contributed by atoms with Crippen LogP contribution in [0.1, 0.15) is 20.8 Å². The number of amides is 1. The van der Waals surface area contributed by atoms with Crippen LogP contribution in [0.2, 0.25) is 0 Å². The molecule has 0 aliphatic rings. The van der Waals surface area contributed by atoms with Gasteiger partial charge in [-0.3, -0.25) is 4.79 Å². The summed E-state index contributed by atoms with van der Waals surface area (Å²) in [6.45, 7) is 9.09. The first-order valence-electron chi connectivity index (χ1n) is 5.83. The molecule has 1 atom stereocenters. The number of nitrogens with two attached hydrogens (primary N) is 1. The van der Waals surface area contributed by atoms with E-state index in [1.165, 1.54) is 0 Å². The normalized spacial score (nSPS) is 12.5. The lowest BCUT2D eigenvalue weighted by Crippen LogP contribution is -2.45. The molecule has 0 aromatic carbocycles. The van der Waals surface area contributed by atoms with Crippen molar-refractivity contribution < 1.29 is 14.3 Å². The van der Waals surface area contributed by atoms with Gasteiger partial charge in [-0.05, 0) is 20.8 Å². The van der Waals surface area contributed by atoms with Crippen molar-refractivity contribution in [2.24, 2.45) is 5.73 Å². The molecule has 96 valence electrons. The standard InChI is InChI=1S/C11H24N2O3/c1-4-15-8-6-13(7-9-16-5-2)11(14)10(3)12/h10H,4-9,12H2,1-3H3/t10-/m0/s1. The van der Waals surface area contributed by atoms with Crippen LogP contribution in [-0.2, 0) is 14.3 Å². The molecule has 5 nitrogen and oxygen atoms in total. The van der Waals surface area contributed by atoms with Gasteiger partial charge in [-0.2, -0.15) is 0 Å². The topological polar surface area (TPSA) is 64.8 Å². The summed E-state index contributed by atoms with van der Waals surface area (Å²) in [5, 5.41) is 0. The lowest BCUT2D eigenvalue weighted by atomic mass is 10.3. The van der Waals surface area contributed by atoms with Gasteiger partial charge >= 0.3 is 0 Å². The summed E-state index contributed by atoms with van der Waals surface area (Å²) < 4.78 is 10.4. The molecule has 0 saturated carbocycles. The average molecular weight is 232 g/mol. The van der Waals surface area contributed by atoms with Crippen molar-refractivity contribution in [2.45, 2.75) is 26.8 Å². The van der Waals surface area contributed by atoms with Crippen molar-refractivity contribution in [2.75, 3.05) is 39.5 Å².